The lowest BCUT2D eigenvalue weighted by atomic mass is 10.0. The van der Waals surface area contributed by atoms with Crippen LogP contribution in [0.25, 0.3) is 22.0 Å². The molecule has 0 saturated carbocycles. The number of carbonyl (C=O) groups excluding carboxylic acids is 1. The summed E-state index contributed by atoms with van der Waals surface area (Å²) in [7, 11) is 0. The summed E-state index contributed by atoms with van der Waals surface area (Å²) in [5.41, 5.74) is 3.34. The van der Waals surface area contributed by atoms with Crippen LogP contribution in [0.1, 0.15) is 10.5 Å². The van der Waals surface area contributed by atoms with Gasteiger partial charge in [-0.2, -0.15) is 5.26 Å². The summed E-state index contributed by atoms with van der Waals surface area (Å²) in [6.45, 7) is 0.416. The second kappa shape index (κ2) is 5.55. The number of amides is 1. The number of nitrogens with one attached hydrogen (secondary N) is 1. The number of rotatable bonds is 1. The Morgan fingerprint density at radius 2 is 2.00 bits per heavy atom. The lowest BCUT2D eigenvalue weighted by Crippen LogP contribution is -2.43. The van der Waals surface area contributed by atoms with Crippen molar-refractivity contribution >= 4 is 40.0 Å². The Morgan fingerprint density at radius 1 is 1.17 bits per heavy atom. The van der Waals surface area contributed by atoms with Gasteiger partial charge in [-0.25, -0.2) is 0 Å². The van der Waals surface area contributed by atoms with Gasteiger partial charge < -0.3 is 9.88 Å². The van der Waals surface area contributed by atoms with Gasteiger partial charge in [0.1, 0.15) is 11.7 Å². The summed E-state index contributed by atoms with van der Waals surface area (Å²) in [4.78, 5) is 12.2. The maximum atomic E-state index is 12.2. The van der Waals surface area contributed by atoms with Crippen LogP contribution in [-0.4, -0.2) is 16.5 Å². The lowest BCUT2D eigenvalue weighted by molar-refractivity contribution is 0.0915. The topological polar surface area (TPSA) is 57.8 Å². The van der Waals surface area contributed by atoms with E-state index in [1.807, 2.05) is 41.0 Å². The van der Waals surface area contributed by atoms with Crippen LogP contribution in [0.2, 0.25) is 10.0 Å². The van der Waals surface area contributed by atoms with Gasteiger partial charge in [0.25, 0.3) is 5.91 Å². The first-order valence-corrected chi connectivity index (χ1v) is 8.12. The summed E-state index contributed by atoms with van der Waals surface area (Å²) in [6, 6.07) is 14.7. The van der Waals surface area contributed by atoms with E-state index >= 15 is 0 Å². The molecule has 4 rings (SSSR count). The fourth-order valence-corrected chi connectivity index (χ4v) is 3.43. The van der Waals surface area contributed by atoms with E-state index < -0.39 is 6.04 Å². The van der Waals surface area contributed by atoms with Crippen molar-refractivity contribution in [2.75, 3.05) is 0 Å². The summed E-state index contributed by atoms with van der Waals surface area (Å²) in [5.74, 6) is -0.232. The highest BCUT2D eigenvalue weighted by Crippen LogP contribution is 2.35. The van der Waals surface area contributed by atoms with E-state index in [2.05, 4.69) is 11.4 Å². The number of halogens is 2. The van der Waals surface area contributed by atoms with Crippen LogP contribution in [0.5, 0.6) is 0 Å². The third kappa shape index (κ3) is 2.25. The van der Waals surface area contributed by atoms with Gasteiger partial charge in [0.05, 0.1) is 28.2 Å². The van der Waals surface area contributed by atoms with Gasteiger partial charge >= 0.3 is 0 Å². The summed E-state index contributed by atoms with van der Waals surface area (Å²) in [6.07, 6.45) is 0. The molecule has 1 atom stereocenters. The molecule has 1 N–H and O–H groups in total. The number of fused-ring (bicyclic) bond motifs is 3. The predicted molar refractivity (Wildman–Crippen MR) is 94.3 cm³/mol. The number of aromatic nitrogens is 1. The van der Waals surface area contributed by atoms with Crippen LogP contribution in [0, 0.1) is 11.3 Å². The number of nitriles is 1. The minimum atomic E-state index is -0.539. The number of benzene rings is 2. The third-order valence-corrected chi connectivity index (χ3v) is 4.95. The van der Waals surface area contributed by atoms with E-state index in [1.165, 1.54) is 0 Å². The highest BCUT2D eigenvalue weighted by molar-refractivity contribution is 6.42. The monoisotopic (exact) mass is 355 g/mol. The quantitative estimate of drug-likeness (QED) is 0.709. The first-order valence-electron chi connectivity index (χ1n) is 7.36. The lowest BCUT2D eigenvalue weighted by Gasteiger charge is -2.22. The largest absolute Gasteiger partial charge is 0.333 e. The Balaban J connectivity index is 1.99. The maximum absolute atomic E-state index is 12.2. The maximum Gasteiger partial charge on any atom is 0.269 e. The van der Waals surface area contributed by atoms with E-state index in [4.69, 9.17) is 23.2 Å². The molecule has 0 radical (unpaired) electrons. The molecule has 3 aromatic rings. The molecular formula is C18H11Cl2N3O. The molecule has 0 saturated heterocycles. The van der Waals surface area contributed by atoms with Crippen LogP contribution < -0.4 is 5.32 Å². The highest BCUT2D eigenvalue weighted by atomic mass is 35.5. The predicted octanol–water partition coefficient (Wildman–Crippen LogP) is 4.25. The highest BCUT2D eigenvalue weighted by Gasteiger charge is 2.27. The number of hydrogen-bond donors (Lipinski definition) is 1. The molecule has 0 aliphatic carbocycles. The Bertz CT molecular complexity index is 1030. The van der Waals surface area contributed by atoms with Gasteiger partial charge in [-0.3, -0.25) is 4.79 Å². The van der Waals surface area contributed by atoms with Crippen molar-refractivity contribution in [2.45, 2.75) is 12.6 Å². The average molecular weight is 356 g/mol. The molecule has 0 bridgehead atoms. The molecule has 0 spiro atoms. The van der Waals surface area contributed by atoms with Gasteiger partial charge in [-0.05, 0) is 23.8 Å². The molecule has 1 unspecified atom stereocenters. The molecular weight excluding hydrogens is 345 g/mol. The fraction of sp³-hybridized carbons (Fsp3) is 0.111. The standard InChI is InChI=1S/C18H11Cl2N3O/c19-14-5-4-10(6-15(14)20)13-3-1-2-11-7-16-18(24)22-12(8-21)9-23(16)17(11)13/h1-7,12H,9H2,(H,22,24). The molecule has 6 heteroatoms. The second-order valence-corrected chi connectivity index (χ2v) is 6.48. The molecule has 2 aromatic carbocycles. The molecule has 1 aromatic heterocycles. The van der Waals surface area contributed by atoms with E-state index in [0.717, 1.165) is 22.0 Å². The third-order valence-electron chi connectivity index (χ3n) is 4.21. The zero-order valence-corrected chi connectivity index (χ0v) is 13.9. The Kier molecular flexibility index (Phi) is 3.49. The smallest absolute Gasteiger partial charge is 0.269 e. The van der Waals surface area contributed by atoms with E-state index in [-0.39, 0.29) is 5.91 Å². The molecule has 4 nitrogen and oxygen atoms in total. The van der Waals surface area contributed by atoms with Gasteiger partial charge in [0.15, 0.2) is 0 Å². The Hall–Kier alpha value is -2.48. The summed E-state index contributed by atoms with van der Waals surface area (Å²) in [5, 5.41) is 13.8. The van der Waals surface area contributed by atoms with Crippen molar-refractivity contribution in [1.82, 2.24) is 9.88 Å². The van der Waals surface area contributed by atoms with Gasteiger partial charge in [0.2, 0.25) is 0 Å². The molecule has 24 heavy (non-hydrogen) atoms. The second-order valence-electron chi connectivity index (χ2n) is 5.67. The minimum Gasteiger partial charge on any atom is -0.333 e. The van der Waals surface area contributed by atoms with Crippen molar-refractivity contribution in [2.24, 2.45) is 0 Å². The van der Waals surface area contributed by atoms with Crippen molar-refractivity contribution in [1.29, 1.82) is 5.26 Å². The number of para-hydroxylation sites is 1. The van der Waals surface area contributed by atoms with Gasteiger partial charge in [-0.1, -0.05) is 47.5 Å². The van der Waals surface area contributed by atoms with Crippen LogP contribution in [0.3, 0.4) is 0 Å². The summed E-state index contributed by atoms with van der Waals surface area (Å²) >= 11 is 12.2. The van der Waals surface area contributed by atoms with Gasteiger partial charge in [-0.15, -0.1) is 0 Å². The van der Waals surface area contributed by atoms with E-state index in [9.17, 15) is 10.1 Å². The Morgan fingerprint density at radius 3 is 2.75 bits per heavy atom. The molecule has 1 aliphatic heterocycles. The van der Waals surface area contributed by atoms with E-state index in [1.54, 1.807) is 6.07 Å². The zero-order chi connectivity index (χ0) is 16.8. The Labute approximate surface area is 148 Å². The van der Waals surface area contributed by atoms with Crippen molar-refractivity contribution in [3.63, 3.8) is 0 Å². The van der Waals surface area contributed by atoms with Gasteiger partial charge in [0, 0.05) is 10.9 Å². The zero-order valence-electron chi connectivity index (χ0n) is 12.4. The SMILES string of the molecule is N#CC1Cn2c(cc3cccc(-c4ccc(Cl)c(Cl)c4)c32)C(=O)N1. The van der Waals surface area contributed by atoms with Crippen LogP contribution >= 0.6 is 23.2 Å². The molecule has 2 heterocycles. The van der Waals surface area contributed by atoms with Crippen molar-refractivity contribution < 1.29 is 4.79 Å². The number of hydrogen-bond acceptors (Lipinski definition) is 2. The van der Waals surface area contributed by atoms with Crippen molar-refractivity contribution in [3.8, 4) is 17.2 Å². The normalized spacial score (nSPS) is 16.5. The number of nitrogens with zero attached hydrogens (tertiary/aromatic N) is 2. The van der Waals surface area contributed by atoms with Crippen LogP contribution in [0.4, 0.5) is 0 Å². The molecule has 1 aliphatic rings. The molecule has 118 valence electrons. The average Bonchev–Trinajstić information content (AvgIpc) is 2.96. The minimum absolute atomic E-state index is 0.232. The molecule has 1 amide bonds. The molecule has 0 fully saturated rings. The van der Waals surface area contributed by atoms with Crippen molar-refractivity contribution in [3.05, 3.63) is 58.2 Å². The first-order chi connectivity index (χ1) is 11.6. The fourth-order valence-electron chi connectivity index (χ4n) is 3.13. The van der Waals surface area contributed by atoms with Crippen LogP contribution in [0.15, 0.2) is 42.5 Å². The van der Waals surface area contributed by atoms with E-state index in [0.29, 0.717) is 22.3 Å². The van der Waals surface area contributed by atoms with Crippen LogP contribution in [-0.2, 0) is 6.54 Å². The summed E-state index contributed by atoms with van der Waals surface area (Å²) < 4.78 is 1.90. The first kappa shape index (κ1) is 15.1. The number of carbonyl (C=O) groups is 1.